The van der Waals surface area contributed by atoms with Gasteiger partial charge in [0.25, 0.3) is 0 Å². The molecule has 0 aromatic rings. The molecule has 294 valence electrons. The van der Waals surface area contributed by atoms with Crippen molar-refractivity contribution in [2.75, 3.05) is 13.1 Å². The van der Waals surface area contributed by atoms with E-state index in [0.717, 1.165) is 93.9 Å². The summed E-state index contributed by atoms with van der Waals surface area (Å²) in [5, 5.41) is 3.29. The van der Waals surface area contributed by atoms with Gasteiger partial charge in [0.1, 0.15) is 0 Å². The Morgan fingerprint density at radius 1 is 0.660 bits per heavy atom. The lowest BCUT2D eigenvalue weighted by molar-refractivity contribution is -0.130. The van der Waals surface area contributed by atoms with Gasteiger partial charge in [-0.3, -0.25) is 9.59 Å². The maximum absolute atomic E-state index is 13.0. The van der Waals surface area contributed by atoms with E-state index >= 15 is 0 Å². The summed E-state index contributed by atoms with van der Waals surface area (Å²) >= 11 is 0. The predicted molar refractivity (Wildman–Crippen MR) is 224 cm³/mol. The van der Waals surface area contributed by atoms with Gasteiger partial charge in [0, 0.05) is 32.0 Å². The first-order valence-electron chi connectivity index (χ1n) is 22.3. The highest BCUT2D eigenvalue weighted by atomic mass is 16.2. The third-order valence-corrected chi connectivity index (χ3v) is 14.8. The number of nitrogens with zero attached hydrogens (tertiary/aromatic N) is 1. The van der Waals surface area contributed by atoms with Crippen molar-refractivity contribution in [3.8, 4) is 0 Å². The number of nitrogens with one attached hydrogen (secondary N) is 1. The molecule has 1 saturated heterocycles. The molecule has 0 aromatic carbocycles. The molecule has 4 nitrogen and oxygen atoms in total. The van der Waals surface area contributed by atoms with Gasteiger partial charge in [-0.05, 0) is 156 Å². The van der Waals surface area contributed by atoms with Gasteiger partial charge in [-0.25, -0.2) is 0 Å². The zero-order valence-corrected chi connectivity index (χ0v) is 34.1. The standard InChI is InChI=1S/C49H76N2O2/c1-4-5-6-7-8-9-10-11-12-13-14-15-16-17-18-19-20-21-22-29-47(53)51-38-35-42(39-51)50-46(52)28-25-27-41-31-33-44-43-32-30-40-26-23-24-36-48(40,2)45(43)34-37-49(41,44)3/h5-6,8-9,11-12,14-15,17-18,20-21,40-45H,4,7,10,13,16,19,22-39H2,1-3H3,(H,50,52)/b6-5-,9-8-,12-11-,15-14-,18-17-,21-20-. The first-order chi connectivity index (χ1) is 25.8. The highest BCUT2D eigenvalue weighted by Crippen LogP contribution is 2.67. The monoisotopic (exact) mass is 725 g/mol. The molecule has 1 heterocycles. The predicted octanol–water partition coefficient (Wildman–Crippen LogP) is 12.4. The van der Waals surface area contributed by atoms with Crippen molar-refractivity contribution in [2.24, 2.45) is 40.4 Å². The molecular formula is C49H76N2O2. The Hall–Kier alpha value is -2.62. The SMILES string of the molecule is CC/C=C\C/C=C\C/C=C\C/C=C\C/C=C\C/C=C\CCC(=O)N1CCC(NC(=O)CCCC2CCC3C4CCC5CCCCC5(C)C4CCC23C)C1. The maximum Gasteiger partial charge on any atom is 0.222 e. The molecule has 0 radical (unpaired) electrons. The molecule has 0 spiro atoms. The maximum atomic E-state index is 13.0. The third-order valence-electron chi connectivity index (χ3n) is 14.8. The van der Waals surface area contributed by atoms with Crippen molar-refractivity contribution in [3.05, 3.63) is 72.9 Å². The van der Waals surface area contributed by atoms with Gasteiger partial charge in [0.15, 0.2) is 0 Å². The van der Waals surface area contributed by atoms with Crippen LogP contribution in [-0.2, 0) is 9.59 Å². The number of carbonyl (C=O) groups is 2. The Kier molecular flexibility index (Phi) is 16.8. The molecule has 8 atom stereocenters. The van der Waals surface area contributed by atoms with Crippen LogP contribution in [0.1, 0.15) is 162 Å². The highest BCUT2D eigenvalue weighted by molar-refractivity contribution is 5.78. The molecule has 4 heteroatoms. The molecule has 1 N–H and O–H groups in total. The van der Waals surface area contributed by atoms with Crippen LogP contribution in [0.25, 0.3) is 0 Å². The fourth-order valence-electron chi connectivity index (χ4n) is 11.8. The Bertz CT molecular complexity index is 1320. The van der Waals surface area contributed by atoms with E-state index < -0.39 is 0 Å². The van der Waals surface area contributed by atoms with E-state index in [2.05, 4.69) is 99.0 Å². The van der Waals surface area contributed by atoms with Crippen LogP contribution in [0.2, 0.25) is 0 Å². The van der Waals surface area contributed by atoms with Gasteiger partial charge in [0.2, 0.25) is 11.8 Å². The summed E-state index contributed by atoms with van der Waals surface area (Å²) in [6, 6.07) is 0.109. The highest BCUT2D eigenvalue weighted by Gasteiger charge is 2.59. The average Bonchev–Trinajstić information content (AvgIpc) is 3.76. The van der Waals surface area contributed by atoms with Crippen molar-refractivity contribution in [3.63, 3.8) is 0 Å². The van der Waals surface area contributed by atoms with Crippen LogP contribution < -0.4 is 5.32 Å². The molecule has 5 fully saturated rings. The minimum atomic E-state index is 0.109. The van der Waals surface area contributed by atoms with E-state index in [0.29, 0.717) is 30.2 Å². The molecular weight excluding hydrogens is 649 g/mol. The van der Waals surface area contributed by atoms with Crippen LogP contribution in [0.5, 0.6) is 0 Å². The zero-order valence-electron chi connectivity index (χ0n) is 34.1. The molecule has 4 aliphatic carbocycles. The molecule has 4 saturated carbocycles. The lowest BCUT2D eigenvalue weighted by Crippen LogP contribution is -2.52. The van der Waals surface area contributed by atoms with E-state index in [1.54, 1.807) is 0 Å². The summed E-state index contributed by atoms with van der Waals surface area (Å²) in [6.07, 6.45) is 52.1. The number of amides is 2. The van der Waals surface area contributed by atoms with E-state index in [9.17, 15) is 9.59 Å². The molecule has 5 aliphatic rings. The van der Waals surface area contributed by atoms with Gasteiger partial charge in [0.05, 0.1) is 0 Å². The number of fused-ring (bicyclic) bond motifs is 5. The van der Waals surface area contributed by atoms with Crippen LogP contribution in [0.4, 0.5) is 0 Å². The summed E-state index contributed by atoms with van der Waals surface area (Å²) in [6.45, 7) is 8.92. The quantitative estimate of drug-likeness (QED) is 0.135. The van der Waals surface area contributed by atoms with Gasteiger partial charge >= 0.3 is 0 Å². The summed E-state index contributed by atoms with van der Waals surface area (Å²) in [7, 11) is 0. The first kappa shape index (κ1) is 41.5. The Balaban J connectivity index is 0.890. The van der Waals surface area contributed by atoms with E-state index in [4.69, 9.17) is 0 Å². The van der Waals surface area contributed by atoms with Crippen molar-refractivity contribution >= 4 is 11.8 Å². The second-order valence-corrected chi connectivity index (χ2v) is 18.0. The Morgan fingerprint density at radius 2 is 1.30 bits per heavy atom. The van der Waals surface area contributed by atoms with Crippen LogP contribution in [0.3, 0.4) is 0 Å². The Morgan fingerprint density at radius 3 is 1.98 bits per heavy atom. The molecule has 2 amide bonds. The van der Waals surface area contributed by atoms with Gasteiger partial charge in [-0.2, -0.15) is 0 Å². The van der Waals surface area contributed by atoms with Gasteiger partial charge in [-0.1, -0.05) is 107 Å². The summed E-state index contributed by atoms with van der Waals surface area (Å²) in [5.41, 5.74) is 1.11. The summed E-state index contributed by atoms with van der Waals surface area (Å²) in [5.74, 6) is 5.04. The number of likely N-dealkylation sites (tertiary alicyclic amines) is 1. The first-order valence-corrected chi connectivity index (χ1v) is 22.3. The fraction of sp³-hybridized carbons (Fsp3) is 0.714. The van der Waals surface area contributed by atoms with E-state index in [1.807, 2.05) is 4.90 Å². The van der Waals surface area contributed by atoms with E-state index in [1.165, 1.54) is 70.6 Å². The van der Waals surface area contributed by atoms with Crippen molar-refractivity contribution < 1.29 is 9.59 Å². The third kappa shape index (κ3) is 11.7. The average molecular weight is 725 g/mol. The minimum absolute atomic E-state index is 0.109. The van der Waals surface area contributed by atoms with Crippen LogP contribution >= 0.6 is 0 Å². The number of hydrogen-bond acceptors (Lipinski definition) is 2. The van der Waals surface area contributed by atoms with Crippen LogP contribution in [-0.4, -0.2) is 35.8 Å². The zero-order chi connectivity index (χ0) is 37.4. The molecule has 8 unspecified atom stereocenters. The van der Waals surface area contributed by atoms with E-state index in [-0.39, 0.29) is 17.9 Å². The van der Waals surface area contributed by atoms with Gasteiger partial charge in [-0.15, -0.1) is 0 Å². The van der Waals surface area contributed by atoms with Crippen molar-refractivity contribution in [1.82, 2.24) is 10.2 Å². The number of hydrogen-bond donors (Lipinski definition) is 1. The molecule has 1 aliphatic heterocycles. The van der Waals surface area contributed by atoms with Crippen LogP contribution in [0.15, 0.2) is 72.9 Å². The lowest BCUT2D eigenvalue weighted by Gasteiger charge is -2.60. The number of carbonyl (C=O) groups excluding carboxylic acids is 2. The minimum Gasteiger partial charge on any atom is -0.352 e. The molecule has 0 aromatic heterocycles. The van der Waals surface area contributed by atoms with Crippen molar-refractivity contribution in [2.45, 2.75) is 168 Å². The molecule has 0 bridgehead atoms. The van der Waals surface area contributed by atoms with Gasteiger partial charge < -0.3 is 10.2 Å². The topological polar surface area (TPSA) is 49.4 Å². The normalized spacial score (nSPS) is 33.2. The summed E-state index contributed by atoms with van der Waals surface area (Å²) in [4.78, 5) is 27.8. The Labute approximate surface area is 325 Å². The second-order valence-electron chi connectivity index (χ2n) is 18.0. The number of rotatable bonds is 19. The molecule has 53 heavy (non-hydrogen) atoms. The molecule has 5 rings (SSSR count). The number of allylic oxidation sites excluding steroid dienone is 12. The lowest BCUT2D eigenvalue weighted by atomic mass is 9.45. The van der Waals surface area contributed by atoms with Crippen LogP contribution in [0, 0.1) is 40.4 Å². The fourth-order valence-corrected chi connectivity index (χ4v) is 11.8. The summed E-state index contributed by atoms with van der Waals surface area (Å²) < 4.78 is 0. The second kappa shape index (κ2) is 21.5. The largest absolute Gasteiger partial charge is 0.352 e. The smallest absolute Gasteiger partial charge is 0.222 e. The van der Waals surface area contributed by atoms with Crippen molar-refractivity contribution in [1.29, 1.82) is 0 Å².